The number of likely N-dealkylation sites (tertiary alicyclic amines) is 1. The van der Waals surface area contributed by atoms with Gasteiger partial charge in [0.25, 0.3) is 0 Å². The zero-order valence-electron chi connectivity index (χ0n) is 18.0. The predicted octanol–water partition coefficient (Wildman–Crippen LogP) is 4.38. The summed E-state index contributed by atoms with van der Waals surface area (Å²) in [4.78, 5) is 28.5. The lowest BCUT2D eigenvalue weighted by atomic mass is 9.89. The number of benzene rings is 2. The maximum absolute atomic E-state index is 12.3. The highest BCUT2D eigenvalue weighted by atomic mass is 79.9. The van der Waals surface area contributed by atoms with E-state index in [1.54, 1.807) is 0 Å². The topological polar surface area (TPSA) is 52.7 Å². The van der Waals surface area contributed by atoms with Crippen LogP contribution in [0.15, 0.2) is 46.9 Å². The number of thiol groups is 1. The number of halogens is 1. The van der Waals surface area contributed by atoms with Gasteiger partial charge in [-0.25, -0.2) is 0 Å². The molecular weight excluding hydrogens is 486 g/mol. The first-order chi connectivity index (χ1) is 15.5. The summed E-state index contributed by atoms with van der Waals surface area (Å²) in [5.74, 6) is 0.263. The molecule has 0 saturated carbocycles. The number of carbonyl (C=O) groups excluding carboxylic acids is 2. The van der Waals surface area contributed by atoms with Gasteiger partial charge in [-0.1, -0.05) is 46.3 Å². The van der Waals surface area contributed by atoms with Crippen molar-refractivity contribution in [3.63, 3.8) is 0 Å². The molecule has 2 fully saturated rings. The van der Waals surface area contributed by atoms with Gasteiger partial charge in [-0.05, 0) is 72.7 Å². The molecule has 3 aliphatic heterocycles. The van der Waals surface area contributed by atoms with Crippen molar-refractivity contribution in [1.82, 2.24) is 15.1 Å². The minimum atomic E-state index is -0.289. The Bertz CT molecular complexity index is 1040. The Labute approximate surface area is 203 Å². The molecule has 168 valence electrons. The lowest BCUT2D eigenvalue weighted by molar-refractivity contribution is -0.137. The van der Waals surface area contributed by atoms with Gasteiger partial charge in [0.05, 0.1) is 11.4 Å². The van der Waals surface area contributed by atoms with E-state index in [0.29, 0.717) is 25.3 Å². The standard InChI is InChI=1S/C25H28BrN3O2S/c26-20-3-1-2-18(13-20)17-8-10-28(11-9-17)14-16-4-5-19-15-29(25(32)21(19)12-16)22-6-7-23(30)27-24(22)31/h1-5,12-13,17,22,25,32H,6-11,14-15H2,(H,27,30,31). The molecule has 0 spiro atoms. The number of imide groups is 1. The van der Waals surface area contributed by atoms with Crippen LogP contribution in [0, 0.1) is 0 Å². The minimum Gasteiger partial charge on any atom is -0.299 e. The Morgan fingerprint density at radius 3 is 2.62 bits per heavy atom. The lowest BCUT2D eigenvalue weighted by Gasteiger charge is -2.32. The first-order valence-corrected chi connectivity index (χ1v) is 12.7. The number of hydrogen-bond acceptors (Lipinski definition) is 5. The van der Waals surface area contributed by atoms with Crippen LogP contribution in [0.25, 0.3) is 0 Å². The van der Waals surface area contributed by atoms with Crippen LogP contribution in [0.1, 0.15) is 59.2 Å². The van der Waals surface area contributed by atoms with E-state index in [1.807, 2.05) is 0 Å². The van der Waals surface area contributed by atoms with Gasteiger partial charge in [-0.15, -0.1) is 0 Å². The van der Waals surface area contributed by atoms with Crippen molar-refractivity contribution in [2.45, 2.75) is 56.1 Å². The summed E-state index contributed by atoms with van der Waals surface area (Å²) in [6.07, 6.45) is 3.32. The zero-order chi connectivity index (χ0) is 22.2. The number of carbonyl (C=O) groups is 2. The van der Waals surface area contributed by atoms with E-state index in [0.717, 1.165) is 24.1 Å². The number of piperidine rings is 2. The number of fused-ring (bicyclic) bond motifs is 1. The molecule has 0 aromatic heterocycles. The molecule has 3 aliphatic rings. The maximum atomic E-state index is 12.3. The van der Waals surface area contributed by atoms with Gasteiger partial charge in [0, 0.05) is 24.0 Å². The van der Waals surface area contributed by atoms with E-state index in [9.17, 15) is 9.59 Å². The molecule has 2 aromatic carbocycles. The van der Waals surface area contributed by atoms with Crippen molar-refractivity contribution in [1.29, 1.82) is 0 Å². The molecule has 2 atom stereocenters. The van der Waals surface area contributed by atoms with E-state index >= 15 is 0 Å². The third-order valence-electron chi connectivity index (χ3n) is 7.08. The molecule has 5 rings (SSSR count). The normalized spacial score (nSPS) is 25.1. The van der Waals surface area contributed by atoms with Gasteiger partial charge in [-0.3, -0.25) is 24.7 Å². The Morgan fingerprint density at radius 2 is 1.88 bits per heavy atom. The van der Waals surface area contributed by atoms with Crippen LogP contribution < -0.4 is 5.32 Å². The van der Waals surface area contributed by atoms with Crippen molar-refractivity contribution < 1.29 is 9.59 Å². The summed E-state index contributed by atoms with van der Waals surface area (Å²) in [7, 11) is 0. The fraction of sp³-hybridized carbons (Fsp3) is 0.440. The molecule has 32 heavy (non-hydrogen) atoms. The largest absolute Gasteiger partial charge is 0.299 e. The van der Waals surface area contributed by atoms with E-state index in [2.05, 4.69) is 73.5 Å². The van der Waals surface area contributed by atoms with Gasteiger partial charge >= 0.3 is 0 Å². The Balaban J connectivity index is 1.21. The van der Waals surface area contributed by atoms with Gasteiger partial charge in [0.15, 0.2) is 0 Å². The molecule has 2 unspecified atom stereocenters. The average Bonchev–Trinajstić information content (AvgIpc) is 3.10. The fourth-order valence-corrected chi connectivity index (χ4v) is 6.21. The molecule has 0 radical (unpaired) electrons. The van der Waals surface area contributed by atoms with Crippen LogP contribution in [-0.2, 0) is 22.7 Å². The highest BCUT2D eigenvalue weighted by molar-refractivity contribution is 9.10. The van der Waals surface area contributed by atoms with Gasteiger partial charge in [-0.2, -0.15) is 12.6 Å². The minimum absolute atomic E-state index is 0.115. The van der Waals surface area contributed by atoms with Crippen LogP contribution in [0.2, 0.25) is 0 Å². The third-order valence-corrected chi connectivity index (χ3v) is 8.15. The van der Waals surface area contributed by atoms with E-state index in [4.69, 9.17) is 12.6 Å². The second-order valence-corrected chi connectivity index (χ2v) is 10.6. The van der Waals surface area contributed by atoms with Gasteiger partial charge in [0.2, 0.25) is 11.8 Å². The molecule has 5 nitrogen and oxygen atoms in total. The summed E-state index contributed by atoms with van der Waals surface area (Å²) in [6.45, 7) is 3.84. The SMILES string of the molecule is O=C1CCC(N2Cc3ccc(CN4CCC(c5cccc(Br)c5)CC4)cc3C2S)C(=O)N1. The molecule has 2 saturated heterocycles. The number of amides is 2. The Morgan fingerprint density at radius 1 is 1.06 bits per heavy atom. The zero-order valence-corrected chi connectivity index (χ0v) is 20.4. The molecular formula is C25H28BrN3O2S. The third kappa shape index (κ3) is 4.53. The first-order valence-electron chi connectivity index (χ1n) is 11.3. The van der Waals surface area contributed by atoms with Crippen LogP contribution in [0.5, 0.6) is 0 Å². The smallest absolute Gasteiger partial charge is 0.243 e. The molecule has 1 N–H and O–H groups in total. The van der Waals surface area contributed by atoms with E-state index in [1.165, 1.54) is 35.1 Å². The van der Waals surface area contributed by atoms with Crippen molar-refractivity contribution in [3.8, 4) is 0 Å². The quantitative estimate of drug-likeness (QED) is 0.470. The molecule has 2 aromatic rings. The van der Waals surface area contributed by atoms with Crippen molar-refractivity contribution in [2.24, 2.45) is 0 Å². The van der Waals surface area contributed by atoms with E-state index < -0.39 is 0 Å². The number of nitrogens with zero attached hydrogens (tertiary/aromatic N) is 2. The Hall–Kier alpha value is -1.67. The van der Waals surface area contributed by atoms with E-state index in [-0.39, 0.29) is 23.2 Å². The predicted molar refractivity (Wildman–Crippen MR) is 131 cm³/mol. The van der Waals surface area contributed by atoms with Crippen LogP contribution >= 0.6 is 28.6 Å². The summed E-state index contributed by atoms with van der Waals surface area (Å²) in [5, 5.41) is 2.36. The lowest BCUT2D eigenvalue weighted by Crippen LogP contribution is -2.51. The highest BCUT2D eigenvalue weighted by Crippen LogP contribution is 2.40. The van der Waals surface area contributed by atoms with Crippen molar-refractivity contribution in [3.05, 3.63) is 69.2 Å². The summed E-state index contributed by atoms with van der Waals surface area (Å²) >= 11 is 8.45. The van der Waals surface area contributed by atoms with Gasteiger partial charge < -0.3 is 0 Å². The fourth-order valence-electron chi connectivity index (χ4n) is 5.31. The second kappa shape index (κ2) is 9.29. The Kier molecular flexibility index (Phi) is 6.43. The van der Waals surface area contributed by atoms with Crippen LogP contribution in [-0.4, -0.2) is 40.7 Å². The van der Waals surface area contributed by atoms with Gasteiger partial charge in [0.1, 0.15) is 0 Å². The molecule has 7 heteroatoms. The molecule has 0 aliphatic carbocycles. The van der Waals surface area contributed by atoms with Crippen molar-refractivity contribution in [2.75, 3.05) is 13.1 Å². The number of nitrogens with one attached hydrogen (secondary N) is 1. The monoisotopic (exact) mass is 513 g/mol. The molecule has 0 bridgehead atoms. The van der Waals surface area contributed by atoms with Crippen molar-refractivity contribution >= 4 is 40.4 Å². The average molecular weight is 514 g/mol. The van der Waals surface area contributed by atoms with Crippen LogP contribution in [0.3, 0.4) is 0 Å². The first kappa shape index (κ1) is 22.1. The summed E-state index contributed by atoms with van der Waals surface area (Å²) in [6, 6.07) is 15.1. The summed E-state index contributed by atoms with van der Waals surface area (Å²) < 4.78 is 1.16. The van der Waals surface area contributed by atoms with Crippen LogP contribution in [0.4, 0.5) is 0 Å². The summed E-state index contributed by atoms with van der Waals surface area (Å²) in [5.41, 5.74) is 5.16. The maximum Gasteiger partial charge on any atom is 0.243 e. The second-order valence-electron chi connectivity index (χ2n) is 9.15. The highest BCUT2D eigenvalue weighted by Gasteiger charge is 2.39. The molecule has 3 heterocycles. The number of hydrogen-bond donors (Lipinski definition) is 2. The molecule has 2 amide bonds. The number of rotatable bonds is 4.